The van der Waals surface area contributed by atoms with Crippen molar-refractivity contribution in [3.63, 3.8) is 0 Å². The molecule has 0 aliphatic carbocycles. The van der Waals surface area contributed by atoms with E-state index < -0.39 is 0 Å². The lowest BCUT2D eigenvalue weighted by Crippen LogP contribution is -1.69. The molecule has 0 aromatic heterocycles. The minimum absolute atomic E-state index is 1.03. The minimum Gasteiger partial charge on any atom is -0.103 e. The Labute approximate surface area is 83.4 Å². The van der Waals surface area contributed by atoms with Gasteiger partial charge in [-0.1, -0.05) is 38.8 Å². The minimum atomic E-state index is 1.03. The summed E-state index contributed by atoms with van der Waals surface area (Å²) >= 11 is 0. The van der Waals surface area contributed by atoms with Gasteiger partial charge in [0, 0.05) is 12.8 Å². The van der Waals surface area contributed by atoms with Gasteiger partial charge >= 0.3 is 0 Å². The van der Waals surface area contributed by atoms with Crippen LogP contribution in [0.5, 0.6) is 0 Å². The van der Waals surface area contributed by atoms with Gasteiger partial charge in [0.05, 0.1) is 0 Å². The van der Waals surface area contributed by atoms with Gasteiger partial charge in [0.25, 0.3) is 0 Å². The van der Waals surface area contributed by atoms with Crippen molar-refractivity contribution in [3.05, 3.63) is 12.2 Å². The third-order valence-electron chi connectivity index (χ3n) is 1.84. The van der Waals surface area contributed by atoms with E-state index in [4.69, 9.17) is 0 Å². The van der Waals surface area contributed by atoms with Gasteiger partial charge < -0.3 is 0 Å². The first-order valence-electron chi connectivity index (χ1n) is 5.52. The van der Waals surface area contributed by atoms with Gasteiger partial charge in [-0.15, -0.1) is 11.8 Å². The lowest BCUT2D eigenvalue weighted by molar-refractivity contribution is 0.827. The van der Waals surface area contributed by atoms with Crippen molar-refractivity contribution in [2.45, 2.75) is 58.8 Å². The van der Waals surface area contributed by atoms with Crippen LogP contribution in [-0.2, 0) is 0 Å². The highest BCUT2D eigenvalue weighted by Gasteiger charge is 1.78. The quantitative estimate of drug-likeness (QED) is 0.323. The molecular formula is C13H22. The maximum atomic E-state index is 3.20. The third-order valence-corrected chi connectivity index (χ3v) is 1.84. The number of hydrogen-bond acceptors (Lipinski definition) is 0. The number of rotatable bonds is 6. The molecule has 0 atom stereocenters. The van der Waals surface area contributed by atoms with Crippen LogP contribution in [0.15, 0.2) is 12.2 Å². The fourth-order valence-electron chi connectivity index (χ4n) is 1.000. The Kier molecular flexibility index (Phi) is 10.7. The van der Waals surface area contributed by atoms with Crippen LogP contribution in [0.1, 0.15) is 58.8 Å². The molecule has 0 saturated heterocycles. The predicted octanol–water partition coefficient (Wildman–Crippen LogP) is 4.32. The van der Waals surface area contributed by atoms with E-state index >= 15 is 0 Å². The molecule has 0 aromatic carbocycles. The van der Waals surface area contributed by atoms with E-state index in [1.807, 2.05) is 0 Å². The smallest absolute Gasteiger partial charge is 0.0123 e. The van der Waals surface area contributed by atoms with Gasteiger partial charge in [-0.3, -0.25) is 0 Å². The highest BCUT2D eigenvalue weighted by atomic mass is 13.8. The summed E-state index contributed by atoms with van der Waals surface area (Å²) < 4.78 is 0. The first kappa shape index (κ1) is 12.3. The summed E-state index contributed by atoms with van der Waals surface area (Å²) in [4.78, 5) is 0. The second-order valence-electron chi connectivity index (χ2n) is 3.26. The Hall–Kier alpha value is -0.700. The normalized spacial score (nSPS) is 10.0. The molecule has 0 aliphatic heterocycles. The molecule has 0 radical (unpaired) electrons. The van der Waals surface area contributed by atoms with Gasteiger partial charge in [0.1, 0.15) is 0 Å². The van der Waals surface area contributed by atoms with E-state index in [1.54, 1.807) is 0 Å². The molecule has 13 heavy (non-hydrogen) atoms. The van der Waals surface area contributed by atoms with Crippen LogP contribution in [0.25, 0.3) is 0 Å². The van der Waals surface area contributed by atoms with Crippen molar-refractivity contribution < 1.29 is 0 Å². The van der Waals surface area contributed by atoms with E-state index in [2.05, 4.69) is 37.8 Å². The van der Waals surface area contributed by atoms with Gasteiger partial charge in [-0.05, 0) is 19.3 Å². The zero-order chi connectivity index (χ0) is 9.78. The molecule has 0 N–H and O–H groups in total. The molecule has 0 unspecified atom stereocenters. The van der Waals surface area contributed by atoms with Crippen LogP contribution < -0.4 is 0 Å². The monoisotopic (exact) mass is 178 g/mol. The van der Waals surface area contributed by atoms with Gasteiger partial charge in [-0.2, -0.15) is 0 Å². The molecule has 0 aromatic rings. The lowest BCUT2D eigenvalue weighted by Gasteiger charge is -1.86. The predicted molar refractivity (Wildman–Crippen MR) is 60.6 cm³/mol. The van der Waals surface area contributed by atoms with E-state index in [9.17, 15) is 0 Å². The second kappa shape index (κ2) is 11.3. The van der Waals surface area contributed by atoms with Crippen molar-refractivity contribution in [2.24, 2.45) is 0 Å². The Morgan fingerprint density at radius 2 is 1.54 bits per heavy atom. The van der Waals surface area contributed by atoms with Gasteiger partial charge in [0.15, 0.2) is 0 Å². The Balaban J connectivity index is 3.17. The summed E-state index contributed by atoms with van der Waals surface area (Å²) in [6.07, 6.45) is 12.7. The van der Waals surface area contributed by atoms with Crippen LogP contribution >= 0.6 is 0 Å². The average molecular weight is 178 g/mol. The van der Waals surface area contributed by atoms with Crippen LogP contribution in [-0.4, -0.2) is 0 Å². The Morgan fingerprint density at radius 1 is 0.846 bits per heavy atom. The third kappa shape index (κ3) is 11.3. The first-order valence-corrected chi connectivity index (χ1v) is 5.52. The molecule has 0 bridgehead atoms. The highest BCUT2D eigenvalue weighted by molar-refractivity contribution is 5.00. The van der Waals surface area contributed by atoms with Crippen molar-refractivity contribution in [2.75, 3.05) is 0 Å². The Bertz CT molecular complexity index is 166. The highest BCUT2D eigenvalue weighted by Crippen LogP contribution is 1.95. The molecular weight excluding hydrogens is 156 g/mol. The average Bonchev–Trinajstić information content (AvgIpc) is 2.16. The maximum absolute atomic E-state index is 3.20. The van der Waals surface area contributed by atoms with Crippen LogP contribution in [0.2, 0.25) is 0 Å². The van der Waals surface area contributed by atoms with Crippen LogP contribution in [0.3, 0.4) is 0 Å². The Morgan fingerprint density at radius 3 is 2.23 bits per heavy atom. The van der Waals surface area contributed by atoms with E-state index in [-0.39, 0.29) is 0 Å². The summed E-state index contributed by atoms with van der Waals surface area (Å²) in [5.41, 5.74) is 0. The standard InChI is InChI=1S/C13H22/c1-3-5-7-9-11-13-12-10-8-6-4-2/h7,9H,3-6,8,11,13H2,1-2H3. The molecule has 0 saturated carbocycles. The largest absolute Gasteiger partial charge is 0.103 e. The van der Waals surface area contributed by atoms with E-state index in [1.165, 1.54) is 25.7 Å². The summed E-state index contributed by atoms with van der Waals surface area (Å²) in [6.45, 7) is 4.41. The summed E-state index contributed by atoms with van der Waals surface area (Å²) in [6, 6.07) is 0. The van der Waals surface area contributed by atoms with Crippen LogP contribution in [0, 0.1) is 11.8 Å². The van der Waals surface area contributed by atoms with Crippen molar-refractivity contribution in [1.29, 1.82) is 0 Å². The topological polar surface area (TPSA) is 0 Å². The molecule has 0 fully saturated rings. The zero-order valence-electron chi connectivity index (χ0n) is 9.10. The van der Waals surface area contributed by atoms with Crippen molar-refractivity contribution in [3.8, 4) is 11.8 Å². The maximum Gasteiger partial charge on any atom is 0.0123 e. The lowest BCUT2D eigenvalue weighted by atomic mass is 10.2. The molecule has 74 valence electrons. The zero-order valence-corrected chi connectivity index (χ0v) is 9.10. The summed E-state index contributed by atoms with van der Waals surface area (Å²) in [7, 11) is 0. The fourth-order valence-corrected chi connectivity index (χ4v) is 1.000. The fraction of sp³-hybridized carbons (Fsp3) is 0.692. The van der Waals surface area contributed by atoms with Gasteiger partial charge in [-0.25, -0.2) is 0 Å². The summed E-state index contributed by atoms with van der Waals surface area (Å²) in [5.74, 6) is 6.39. The van der Waals surface area contributed by atoms with E-state index in [0.717, 1.165) is 19.3 Å². The second-order valence-corrected chi connectivity index (χ2v) is 3.26. The van der Waals surface area contributed by atoms with E-state index in [0.29, 0.717) is 0 Å². The molecule has 0 aliphatic rings. The number of allylic oxidation sites excluding steroid dienone is 2. The first-order chi connectivity index (χ1) is 6.41. The van der Waals surface area contributed by atoms with Gasteiger partial charge in [0.2, 0.25) is 0 Å². The SMILES string of the molecule is CCCC=CCCC#CCCCC. The molecule has 0 nitrogen and oxygen atoms in total. The molecule has 0 spiro atoms. The molecule has 0 rings (SSSR count). The number of hydrogen-bond donors (Lipinski definition) is 0. The molecule has 0 heteroatoms. The molecule has 0 heterocycles. The van der Waals surface area contributed by atoms with Crippen molar-refractivity contribution >= 4 is 0 Å². The molecule has 0 amide bonds. The van der Waals surface area contributed by atoms with Crippen LogP contribution in [0.4, 0.5) is 0 Å². The number of unbranched alkanes of at least 4 members (excludes halogenated alkanes) is 4. The van der Waals surface area contributed by atoms with Crippen molar-refractivity contribution in [1.82, 2.24) is 0 Å². The summed E-state index contributed by atoms with van der Waals surface area (Å²) in [5, 5.41) is 0.